The maximum absolute atomic E-state index is 12.9. The van der Waals surface area contributed by atoms with Gasteiger partial charge in [0, 0.05) is 0 Å². The number of anilines is 4. The van der Waals surface area contributed by atoms with Crippen LogP contribution in [-0.2, 0) is 9.84 Å². The molecule has 0 unspecified atom stereocenters. The summed E-state index contributed by atoms with van der Waals surface area (Å²) >= 11 is 6.41. The Hall–Kier alpha value is -2.88. The molecule has 1 saturated heterocycles. The standard InChI is InChI=1S/C29H38ClN5O3S/c1-6-13-35-14-11-21(12-15-35)22-17-26(38-5)25(16-20(22)4)33-29-31-18-23(30)28(34-29)32-24-9-7-8-10-27(24)39(36,37)19(2)3/h7-10,16-19,21H,6,11-15H2,1-5H3,(H2,31,32,33,34). The molecule has 2 N–H and O–H groups in total. The fraction of sp³-hybridized carbons (Fsp3) is 0.448. The molecule has 1 aliphatic heterocycles. The van der Waals surface area contributed by atoms with E-state index in [1.165, 1.54) is 23.7 Å². The van der Waals surface area contributed by atoms with Crippen molar-refractivity contribution >= 4 is 44.6 Å². The van der Waals surface area contributed by atoms with Gasteiger partial charge >= 0.3 is 0 Å². The summed E-state index contributed by atoms with van der Waals surface area (Å²) in [6.45, 7) is 11.1. The molecular weight excluding hydrogens is 534 g/mol. The van der Waals surface area contributed by atoms with Gasteiger partial charge in [0.15, 0.2) is 15.7 Å². The Kier molecular flexibility index (Phi) is 9.35. The van der Waals surface area contributed by atoms with Gasteiger partial charge in [-0.3, -0.25) is 0 Å². The molecule has 1 fully saturated rings. The number of benzene rings is 2. The van der Waals surface area contributed by atoms with Gasteiger partial charge in [0.25, 0.3) is 0 Å². The summed E-state index contributed by atoms with van der Waals surface area (Å²) < 4.78 is 31.5. The SMILES string of the molecule is CCCN1CCC(c2cc(OC)c(Nc3ncc(Cl)c(Nc4ccccc4S(=O)(=O)C(C)C)n3)cc2C)CC1. The predicted octanol–water partition coefficient (Wildman–Crippen LogP) is 6.71. The van der Waals surface area contributed by atoms with Crippen molar-refractivity contribution in [1.82, 2.24) is 14.9 Å². The van der Waals surface area contributed by atoms with Gasteiger partial charge in [-0.15, -0.1) is 0 Å². The number of aromatic nitrogens is 2. The van der Waals surface area contributed by atoms with Crippen molar-refractivity contribution in [2.45, 2.75) is 63.0 Å². The Morgan fingerprint density at radius 1 is 1.13 bits per heavy atom. The van der Waals surface area contributed by atoms with Gasteiger partial charge in [-0.05, 0) is 101 Å². The lowest BCUT2D eigenvalue weighted by molar-refractivity contribution is 0.212. The maximum atomic E-state index is 12.9. The molecule has 39 heavy (non-hydrogen) atoms. The molecular formula is C29H38ClN5O3S. The van der Waals surface area contributed by atoms with Crippen molar-refractivity contribution in [3.8, 4) is 5.75 Å². The fourth-order valence-electron chi connectivity index (χ4n) is 5.03. The highest BCUT2D eigenvalue weighted by Crippen LogP contribution is 2.38. The summed E-state index contributed by atoms with van der Waals surface area (Å²) in [7, 11) is -1.86. The number of likely N-dealkylation sites (tertiary alicyclic amines) is 1. The summed E-state index contributed by atoms with van der Waals surface area (Å²) in [5.41, 5.74) is 3.65. The lowest BCUT2D eigenvalue weighted by Crippen LogP contribution is -2.33. The van der Waals surface area contributed by atoms with E-state index in [4.69, 9.17) is 16.3 Å². The molecule has 0 bridgehead atoms. The van der Waals surface area contributed by atoms with E-state index in [1.807, 2.05) is 0 Å². The van der Waals surface area contributed by atoms with Gasteiger partial charge in [-0.2, -0.15) is 4.98 Å². The van der Waals surface area contributed by atoms with Crippen LogP contribution in [0.3, 0.4) is 0 Å². The molecule has 8 nitrogen and oxygen atoms in total. The Bertz CT molecular complexity index is 1410. The van der Waals surface area contributed by atoms with Crippen molar-refractivity contribution in [3.05, 3.63) is 58.7 Å². The molecule has 2 aromatic carbocycles. The number of aryl methyl sites for hydroxylation is 1. The smallest absolute Gasteiger partial charge is 0.229 e. The topological polar surface area (TPSA) is 96.5 Å². The first-order valence-corrected chi connectivity index (χ1v) is 15.4. The Morgan fingerprint density at radius 3 is 2.51 bits per heavy atom. The number of para-hydroxylation sites is 1. The first kappa shape index (κ1) is 29.1. The predicted molar refractivity (Wildman–Crippen MR) is 159 cm³/mol. The van der Waals surface area contributed by atoms with Crippen LogP contribution in [0.15, 0.2) is 47.5 Å². The van der Waals surface area contributed by atoms with Gasteiger partial charge < -0.3 is 20.3 Å². The number of hydrogen-bond acceptors (Lipinski definition) is 8. The first-order chi connectivity index (χ1) is 18.6. The number of halogens is 1. The van der Waals surface area contributed by atoms with Crippen LogP contribution >= 0.6 is 11.6 Å². The molecule has 210 valence electrons. The summed E-state index contributed by atoms with van der Waals surface area (Å²) in [5.74, 6) is 1.83. The van der Waals surface area contributed by atoms with E-state index in [0.717, 1.165) is 38.2 Å². The van der Waals surface area contributed by atoms with Crippen molar-refractivity contribution in [3.63, 3.8) is 0 Å². The highest BCUT2D eigenvalue weighted by atomic mass is 35.5. The highest BCUT2D eigenvalue weighted by molar-refractivity contribution is 7.92. The van der Waals surface area contributed by atoms with Gasteiger partial charge in [-0.25, -0.2) is 13.4 Å². The zero-order chi connectivity index (χ0) is 28.2. The van der Waals surface area contributed by atoms with Crippen LogP contribution in [0.2, 0.25) is 5.02 Å². The number of sulfone groups is 1. The summed E-state index contributed by atoms with van der Waals surface area (Å²) in [6, 6.07) is 10.9. The summed E-state index contributed by atoms with van der Waals surface area (Å²) in [4.78, 5) is 11.6. The second kappa shape index (κ2) is 12.5. The maximum Gasteiger partial charge on any atom is 0.229 e. The van der Waals surface area contributed by atoms with Crippen LogP contribution in [-0.4, -0.2) is 55.3 Å². The minimum Gasteiger partial charge on any atom is -0.495 e. The Morgan fingerprint density at radius 2 is 1.85 bits per heavy atom. The average Bonchev–Trinajstić information content (AvgIpc) is 2.91. The van der Waals surface area contributed by atoms with Crippen LogP contribution < -0.4 is 15.4 Å². The van der Waals surface area contributed by atoms with Gasteiger partial charge in [0.2, 0.25) is 5.95 Å². The van der Waals surface area contributed by atoms with E-state index in [-0.39, 0.29) is 9.92 Å². The van der Waals surface area contributed by atoms with E-state index in [9.17, 15) is 8.42 Å². The number of rotatable bonds is 10. The molecule has 1 aromatic heterocycles. The van der Waals surface area contributed by atoms with Crippen molar-refractivity contribution in [2.75, 3.05) is 37.4 Å². The summed E-state index contributed by atoms with van der Waals surface area (Å²) in [5, 5.41) is 6.06. The third kappa shape index (κ3) is 6.65. The first-order valence-electron chi connectivity index (χ1n) is 13.4. The summed E-state index contributed by atoms with van der Waals surface area (Å²) in [6.07, 6.45) is 4.95. The molecule has 0 amide bonds. The van der Waals surface area contributed by atoms with Crippen molar-refractivity contribution in [2.24, 2.45) is 0 Å². The second-order valence-electron chi connectivity index (χ2n) is 10.3. The van der Waals surface area contributed by atoms with Crippen LogP contribution in [0.1, 0.15) is 57.1 Å². The molecule has 4 rings (SSSR count). The van der Waals surface area contributed by atoms with Gasteiger partial charge in [-0.1, -0.05) is 30.7 Å². The molecule has 0 saturated carbocycles. The molecule has 3 aromatic rings. The molecule has 0 radical (unpaired) electrons. The molecule has 0 aliphatic carbocycles. The average molecular weight is 572 g/mol. The number of nitrogens with one attached hydrogen (secondary N) is 2. The lowest BCUT2D eigenvalue weighted by atomic mass is 9.86. The fourth-order valence-corrected chi connectivity index (χ4v) is 6.37. The molecule has 1 aliphatic rings. The lowest BCUT2D eigenvalue weighted by Gasteiger charge is -2.33. The molecule has 10 heteroatoms. The van der Waals surface area contributed by atoms with Gasteiger partial charge in [0.05, 0.1) is 34.8 Å². The zero-order valence-electron chi connectivity index (χ0n) is 23.3. The zero-order valence-corrected chi connectivity index (χ0v) is 24.9. The van der Waals surface area contributed by atoms with Crippen LogP contribution in [0.5, 0.6) is 5.75 Å². The van der Waals surface area contributed by atoms with E-state index in [2.05, 4.69) is 51.5 Å². The minimum absolute atomic E-state index is 0.192. The quantitative estimate of drug-likeness (QED) is 0.277. The molecule has 0 spiro atoms. The van der Waals surface area contributed by atoms with Gasteiger partial charge in [0.1, 0.15) is 10.8 Å². The van der Waals surface area contributed by atoms with Crippen LogP contribution in [0, 0.1) is 6.92 Å². The number of methoxy groups -OCH3 is 1. The highest BCUT2D eigenvalue weighted by Gasteiger charge is 2.24. The Labute approximate surface area is 237 Å². The number of hydrogen-bond donors (Lipinski definition) is 2. The van der Waals surface area contributed by atoms with Crippen LogP contribution in [0.4, 0.5) is 23.1 Å². The number of nitrogens with zero attached hydrogens (tertiary/aromatic N) is 3. The second-order valence-corrected chi connectivity index (χ2v) is 13.1. The van der Waals surface area contributed by atoms with E-state index >= 15 is 0 Å². The minimum atomic E-state index is -3.52. The largest absolute Gasteiger partial charge is 0.495 e. The van der Waals surface area contributed by atoms with E-state index < -0.39 is 15.1 Å². The monoisotopic (exact) mass is 571 g/mol. The number of piperidine rings is 1. The Balaban J connectivity index is 1.58. The van der Waals surface area contributed by atoms with Crippen LogP contribution in [0.25, 0.3) is 0 Å². The normalized spacial score (nSPS) is 14.9. The number of ether oxygens (including phenoxy) is 1. The molecule has 0 atom stereocenters. The van der Waals surface area contributed by atoms with Crippen molar-refractivity contribution in [1.29, 1.82) is 0 Å². The van der Waals surface area contributed by atoms with E-state index in [0.29, 0.717) is 29.1 Å². The third-order valence-corrected chi connectivity index (χ3v) is 9.70. The third-order valence-electron chi connectivity index (χ3n) is 7.21. The molecule has 2 heterocycles. The van der Waals surface area contributed by atoms with E-state index in [1.54, 1.807) is 45.2 Å². The van der Waals surface area contributed by atoms with Crippen molar-refractivity contribution < 1.29 is 13.2 Å².